The van der Waals surface area contributed by atoms with Crippen LogP contribution < -0.4 is 10.9 Å². The van der Waals surface area contributed by atoms with Crippen molar-refractivity contribution in [3.8, 4) is 0 Å². The number of aromatic nitrogens is 2. The maximum Gasteiger partial charge on any atom is 0.272 e. The molecule has 0 saturated carbocycles. The summed E-state index contributed by atoms with van der Waals surface area (Å²) in [5.41, 5.74) is 5.75. The second kappa shape index (κ2) is 8.33. The molecule has 0 bridgehead atoms. The third-order valence-electron chi connectivity index (χ3n) is 5.15. The van der Waals surface area contributed by atoms with Crippen LogP contribution in [0.4, 0.5) is 0 Å². The van der Waals surface area contributed by atoms with Crippen LogP contribution >= 0.6 is 0 Å². The largest absolute Gasteiger partial charge is 0.348 e. The molecule has 30 heavy (non-hydrogen) atoms. The van der Waals surface area contributed by atoms with E-state index in [9.17, 15) is 9.59 Å². The van der Waals surface area contributed by atoms with Crippen LogP contribution in [0.5, 0.6) is 0 Å². The van der Waals surface area contributed by atoms with Gasteiger partial charge in [-0.05, 0) is 49.2 Å². The molecule has 1 heterocycles. The Morgan fingerprint density at radius 1 is 0.900 bits per heavy atom. The Morgan fingerprint density at radius 3 is 2.30 bits per heavy atom. The van der Waals surface area contributed by atoms with Gasteiger partial charge in [-0.15, -0.1) is 0 Å². The monoisotopic (exact) mass is 397 g/mol. The second-order valence-electron chi connectivity index (χ2n) is 7.44. The van der Waals surface area contributed by atoms with Crippen molar-refractivity contribution < 1.29 is 4.79 Å². The molecule has 3 aromatic carbocycles. The predicted octanol–water partition coefficient (Wildman–Crippen LogP) is 3.99. The van der Waals surface area contributed by atoms with Crippen LogP contribution in [0, 0.1) is 13.8 Å². The number of amides is 1. The zero-order valence-electron chi connectivity index (χ0n) is 17.1. The van der Waals surface area contributed by atoms with Crippen LogP contribution in [0.1, 0.15) is 32.7 Å². The molecule has 0 spiro atoms. The molecule has 5 heteroatoms. The van der Waals surface area contributed by atoms with Crippen LogP contribution in [-0.4, -0.2) is 15.5 Å². The minimum absolute atomic E-state index is 0.103. The number of hydrogen-bond donors (Lipinski definition) is 1. The smallest absolute Gasteiger partial charge is 0.272 e. The van der Waals surface area contributed by atoms with Crippen molar-refractivity contribution in [1.29, 1.82) is 0 Å². The highest BCUT2D eigenvalue weighted by molar-refractivity contribution is 5.94. The van der Waals surface area contributed by atoms with Crippen molar-refractivity contribution >= 4 is 16.9 Å². The molecular formula is C25H23N3O2. The topological polar surface area (TPSA) is 64.0 Å². The van der Waals surface area contributed by atoms with Gasteiger partial charge in [-0.3, -0.25) is 9.59 Å². The van der Waals surface area contributed by atoms with Crippen molar-refractivity contribution in [2.24, 2.45) is 0 Å². The molecule has 5 nitrogen and oxygen atoms in total. The highest BCUT2D eigenvalue weighted by Crippen LogP contribution is 2.13. The molecule has 0 atom stereocenters. The van der Waals surface area contributed by atoms with Crippen LogP contribution in [0.15, 0.2) is 77.6 Å². The summed E-state index contributed by atoms with van der Waals surface area (Å²) in [6, 6.07) is 23.1. The van der Waals surface area contributed by atoms with Gasteiger partial charge >= 0.3 is 0 Å². The van der Waals surface area contributed by atoms with Crippen LogP contribution in [0.3, 0.4) is 0 Å². The fourth-order valence-electron chi connectivity index (χ4n) is 3.41. The van der Waals surface area contributed by atoms with Crippen molar-refractivity contribution in [3.05, 3.63) is 111 Å². The van der Waals surface area contributed by atoms with Gasteiger partial charge in [0, 0.05) is 12.1 Å². The summed E-state index contributed by atoms with van der Waals surface area (Å²) >= 11 is 0. The Kier molecular flexibility index (Phi) is 5.44. The van der Waals surface area contributed by atoms with Crippen molar-refractivity contribution in [3.63, 3.8) is 0 Å². The molecule has 1 aromatic heterocycles. The quantitative estimate of drug-likeness (QED) is 0.554. The van der Waals surface area contributed by atoms with Crippen molar-refractivity contribution in [2.45, 2.75) is 26.9 Å². The van der Waals surface area contributed by atoms with E-state index in [1.807, 2.05) is 67.6 Å². The third-order valence-corrected chi connectivity index (χ3v) is 5.15. The first-order valence-corrected chi connectivity index (χ1v) is 9.90. The first kappa shape index (κ1) is 19.6. The van der Waals surface area contributed by atoms with Gasteiger partial charge in [-0.2, -0.15) is 0 Å². The standard InChI is InChI=1S/C25H23N3O2/c1-17-7-9-19(10-8-17)15-26-24(29)21-13-11-20(12-14-21)16-28-23-6-4-3-5-22(23)27-18(2)25(28)30/h3-14H,15-16H2,1-2H3,(H,26,29). The minimum atomic E-state index is -0.121. The lowest BCUT2D eigenvalue weighted by atomic mass is 10.1. The van der Waals surface area contributed by atoms with Gasteiger partial charge in [0.05, 0.1) is 17.6 Å². The van der Waals surface area contributed by atoms with Crippen LogP contribution in [0.25, 0.3) is 11.0 Å². The average molecular weight is 397 g/mol. The van der Waals surface area contributed by atoms with E-state index in [0.717, 1.165) is 22.2 Å². The summed E-state index contributed by atoms with van der Waals surface area (Å²) in [4.78, 5) is 29.5. The summed E-state index contributed by atoms with van der Waals surface area (Å²) in [5, 5.41) is 2.94. The number of carbonyl (C=O) groups is 1. The van der Waals surface area contributed by atoms with Gasteiger partial charge in [0.15, 0.2) is 0 Å². The maximum atomic E-state index is 12.6. The van der Waals surface area contributed by atoms with E-state index in [4.69, 9.17) is 0 Å². The molecule has 0 unspecified atom stereocenters. The number of nitrogens with one attached hydrogen (secondary N) is 1. The first-order valence-electron chi connectivity index (χ1n) is 9.90. The Balaban J connectivity index is 1.50. The molecule has 4 rings (SSSR count). The third kappa shape index (κ3) is 4.15. The molecule has 1 N–H and O–H groups in total. The number of nitrogens with zero attached hydrogens (tertiary/aromatic N) is 2. The van der Waals surface area contributed by atoms with E-state index in [1.54, 1.807) is 23.6 Å². The molecule has 1 amide bonds. The molecule has 150 valence electrons. The Morgan fingerprint density at radius 2 is 1.57 bits per heavy atom. The van der Waals surface area contributed by atoms with Crippen LogP contribution in [0.2, 0.25) is 0 Å². The molecule has 0 aliphatic heterocycles. The van der Waals surface area contributed by atoms with Crippen molar-refractivity contribution in [1.82, 2.24) is 14.9 Å². The highest BCUT2D eigenvalue weighted by atomic mass is 16.1. The first-order chi connectivity index (χ1) is 14.5. The van der Waals surface area contributed by atoms with Gasteiger partial charge in [-0.25, -0.2) is 4.98 Å². The second-order valence-corrected chi connectivity index (χ2v) is 7.44. The number of rotatable bonds is 5. The van der Waals surface area contributed by atoms with E-state index in [2.05, 4.69) is 10.3 Å². The average Bonchev–Trinajstić information content (AvgIpc) is 2.77. The number of hydrogen-bond acceptors (Lipinski definition) is 3. The summed E-state index contributed by atoms with van der Waals surface area (Å²) in [7, 11) is 0. The molecule has 0 radical (unpaired) electrons. The molecule has 0 aliphatic carbocycles. The number of benzene rings is 3. The van der Waals surface area contributed by atoms with E-state index in [-0.39, 0.29) is 11.5 Å². The lowest BCUT2D eigenvalue weighted by Crippen LogP contribution is -2.25. The fraction of sp³-hybridized carbons (Fsp3) is 0.160. The number of carbonyl (C=O) groups excluding carboxylic acids is 1. The summed E-state index contributed by atoms with van der Waals surface area (Å²) in [6.45, 7) is 4.67. The van der Waals surface area contributed by atoms with E-state index < -0.39 is 0 Å². The number of para-hydroxylation sites is 2. The summed E-state index contributed by atoms with van der Waals surface area (Å²) in [6.07, 6.45) is 0. The van der Waals surface area contributed by atoms with Gasteiger partial charge in [0.2, 0.25) is 0 Å². The van der Waals surface area contributed by atoms with E-state index >= 15 is 0 Å². The molecular weight excluding hydrogens is 374 g/mol. The summed E-state index contributed by atoms with van der Waals surface area (Å²) < 4.78 is 1.73. The lowest BCUT2D eigenvalue weighted by Gasteiger charge is -2.12. The summed E-state index contributed by atoms with van der Waals surface area (Å²) in [5.74, 6) is -0.121. The molecule has 4 aromatic rings. The Bertz CT molecular complexity index is 1260. The Labute approximate surface area is 175 Å². The Hall–Kier alpha value is -3.73. The zero-order chi connectivity index (χ0) is 21.1. The van der Waals surface area contributed by atoms with E-state index in [0.29, 0.717) is 24.3 Å². The van der Waals surface area contributed by atoms with Crippen LogP contribution in [-0.2, 0) is 13.1 Å². The number of aryl methyl sites for hydroxylation is 2. The molecule has 0 aliphatic rings. The van der Waals surface area contributed by atoms with Gasteiger partial charge in [-0.1, -0.05) is 54.1 Å². The zero-order valence-corrected chi connectivity index (χ0v) is 17.1. The minimum Gasteiger partial charge on any atom is -0.348 e. The fourth-order valence-corrected chi connectivity index (χ4v) is 3.41. The SMILES string of the molecule is Cc1ccc(CNC(=O)c2ccc(Cn3c(=O)c(C)nc4ccccc43)cc2)cc1. The van der Waals surface area contributed by atoms with Gasteiger partial charge < -0.3 is 9.88 Å². The van der Waals surface area contributed by atoms with E-state index in [1.165, 1.54) is 5.56 Å². The lowest BCUT2D eigenvalue weighted by molar-refractivity contribution is 0.0951. The maximum absolute atomic E-state index is 12.6. The highest BCUT2D eigenvalue weighted by Gasteiger charge is 2.10. The normalized spacial score (nSPS) is 10.9. The molecule has 0 fully saturated rings. The molecule has 0 saturated heterocycles. The predicted molar refractivity (Wildman–Crippen MR) is 119 cm³/mol. The van der Waals surface area contributed by atoms with Gasteiger partial charge in [0.1, 0.15) is 5.69 Å². The number of fused-ring (bicyclic) bond motifs is 1. The van der Waals surface area contributed by atoms with Gasteiger partial charge in [0.25, 0.3) is 11.5 Å². The van der Waals surface area contributed by atoms with Crippen molar-refractivity contribution in [2.75, 3.05) is 0 Å².